The Kier molecular flexibility index (Phi) is 9.88. The van der Waals surface area contributed by atoms with Crippen molar-refractivity contribution in [2.24, 2.45) is 5.92 Å². The summed E-state index contributed by atoms with van der Waals surface area (Å²) in [4.78, 5) is 51.1. The molecule has 192 valence electrons. The minimum Gasteiger partial charge on any atom is -0.389 e. The number of nitrogens with one attached hydrogen (secondary N) is 4. The second kappa shape index (κ2) is 12.4. The van der Waals surface area contributed by atoms with Crippen LogP contribution in [0.3, 0.4) is 0 Å². The highest BCUT2D eigenvalue weighted by molar-refractivity contribution is 6.00. The lowest BCUT2D eigenvalue weighted by Gasteiger charge is -2.26. The lowest BCUT2D eigenvalue weighted by molar-refractivity contribution is -0.131. The third-order valence-electron chi connectivity index (χ3n) is 5.06. The Morgan fingerprint density at radius 2 is 1.94 bits per heavy atom. The van der Waals surface area contributed by atoms with Crippen molar-refractivity contribution in [3.8, 4) is 0 Å². The van der Waals surface area contributed by atoms with Gasteiger partial charge in [0.2, 0.25) is 11.8 Å². The molecule has 2 atom stereocenters. The Morgan fingerprint density at radius 1 is 1.26 bits per heavy atom. The summed E-state index contributed by atoms with van der Waals surface area (Å²) in [5.74, 6) is -2.99. The quantitative estimate of drug-likeness (QED) is 0.380. The van der Waals surface area contributed by atoms with E-state index in [2.05, 4.69) is 20.9 Å². The molecule has 0 aliphatic carbocycles. The van der Waals surface area contributed by atoms with Crippen LogP contribution < -0.4 is 16.0 Å². The first-order valence-corrected chi connectivity index (χ1v) is 11.3. The lowest BCUT2D eigenvalue weighted by Crippen LogP contribution is -2.49. The molecule has 0 unspecified atom stereocenters. The standard InChI is InChI=1S/C20H23FN4O5.C4H9F/c21-13-5-1-3-11-7-15(25-18(11)13)20(30)23-9-17(28)24-14(16(27)10-26)8-12-4-2-6-22-19(12)29;1-4(2,3)5/h1,3,5,7,12,14,25-26H,2,4,6,8-10H2,(H,22,29)(H,23,30)(H,24,28);1-3H3/t12-,14-;/m0./s1. The fourth-order valence-electron chi connectivity index (χ4n) is 3.47. The number of Topliss-reactive ketones (excluding diaryl/α,β-unsaturated/α-hetero) is 1. The van der Waals surface area contributed by atoms with Crippen molar-refractivity contribution >= 4 is 34.4 Å². The van der Waals surface area contributed by atoms with E-state index in [1.807, 2.05) is 0 Å². The van der Waals surface area contributed by atoms with Gasteiger partial charge < -0.3 is 26.0 Å². The number of para-hydroxylation sites is 1. The average molecular weight is 495 g/mol. The molecule has 2 heterocycles. The number of carbonyl (C=O) groups excluding carboxylic acids is 4. The van der Waals surface area contributed by atoms with Gasteiger partial charge in [-0.1, -0.05) is 12.1 Å². The van der Waals surface area contributed by atoms with Crippen LogP contribution in [0.4, 0.5) is 8.78 Å². The zero-order valence-electron chi connectivity index (χ0n) is 20.0. The Hall–Kier alpha value is -3.34. The smallest absolute Gasteiger partial charge is 0.268 e. The fraction of sp³-hybridized carbons (Fsp3) is 0.500. The average Bonchev–Trinajstić information content (AvgIpc) is 3.23. The number of alkyl halides is 1. The Balaban J connectivity index is 0.000000784. The second-order valence-corrected chi connectivity index (χ2v) is 9.25. The van der Waals surface area contributed by atoms with E-state index in [-0.39, 0.29) is 23.5 Å². The highest BCUT2D eigenvalue weighted by Crippen LogP contribution is 2.19. The highest BCUT2D eigenvalue weighted by Gasteiger charge is 2.29. The summed E-state index contributed by atoms with van der Waals surface area (Å²) in [5.41, 5.74) is -0.726. The number of fused-ring (bicyclic) bond motifs is 1. The molecule has 3 rings (SSSR count). The molecule has 1 saturated heterocycles. The number of ketones is 1. The molecule has 9 nitrogen and oxygen atoms in total. The summed E-state index contributed by atoms with van der Waals surface area (Å²) in [6.45, 7) is 3.94. The van der Waals surface area contributed by atoms with Crippen LogP contribution in [0.1, 0.15) is 50.5 Å². The summed E-state index contributed by atoms with van der Waals surface area (Å²) >= 11 is 0. The van der Waals surface area contributed by atoms with Gasteiger partial charge in [-0.25, -0.2) is 8.78 Å². The van der Waals surface area contributed by atoms with Crippen LogP contribution in [-0.2, 0) is 14.4 Å². The van der Waals surface area contributed by atoms with Crippen molar-refractivity contribution in [2.75, 3.05) is 19.7 Å². The molecule has 0 saturated carbocycles. The topological polar surface area (TPSA) is 140 Å². The van der Waals surface area contributed by atoms with Gasteiger partial charge in [0.1, 0.15) is 23.8 Å². The first-order valence-electron chi connectivity index (χ1n) is 11.3. The number of carbonyl (C=O) groups is 4. The van der Waals surface area contributed by atoms with Crippen molar-refractivity contribution < 1.29 is 33.1 Å². The number of aliphatic hydroxyl groups excluding tert-OH is 1. The Morgan fingerprint density at radius 3 is 2.54 bits per heavy atom. The summed E-state index contributed by atoms with van der Waals surface area (Å²) in [5, 5.41) is 17.3. The molecular formula is C24H32F2N4O5. The zero-order chi connectivity index (χ0) is 26.2. The largest absolute Gasteiger partial charge is 0.389 e. The monoisotopic (exact) mass is 494 g/mol. The number of hydrogen-bond donors (Lipinski definition) is 5. The van der Waals surface area contributed by atoms with E-state index in [4.69, 9.17) is 5.11 Å². The number of H-pyrrole nitrogens is 1. The number of halogens is 2. The third kappa shape index (κ3) is 9.08. The van der Waals surface area contributed by atoms with Gasteiger partial charge in [0.05, 0.1) is 18.1 Å². The maximum absolute atomic E-state index is 13.7. The van der Waals surface area contributed by atoms with E-state index in [0.29, 0.717) is 18.4 Å². The predicted octanol–water partition coefficient (Wildman–Crippen LogP) is 1.75. The summed E-state index contributed by atoms with van der Waals surface area (Å²) in [6, 6.07) is 4.86. The molecule has 1 aromatic heterocycles. The van der Waals surface area contributed by atoms with Crippen molar-refractivity contribution in [3.05, 3.63) is 35.8 Å². The van der Waals surface area contributed by atoms with E-state index >= 15 is 0 Å². The van der Waals surface area contributed by atoms with Gasteiger partial charge in [0, 0.05) is 17.8 Å². The van der Waals surface area contributed by atoms with Gasteiger partial charge in [-0.2, -0.15) is 0 Å². The van der Waals surface area contributed by atoms with Crippen molar-refractivity contribution in [2.45, 2.75) is 51.7 Å². The molecule has 3 amide bonds. The molecule has 2 aromatic rings. The SMILES string of the molecule is CC(C)(C)F.O=C(CNC(=O)c1cc2cccc(F)c2[nH]1)N[C@@H](C[C@@H]1CCCNC1=O)C(=O)CO. The van der Waals surface area contributed by atoms with Crippen molar-refractivity contribution in [1.29, 1.82) is 0 Å². The van der Waals surface area contributed by atoms with Crippen LogP contribution in [0.15, 0.2) is 24.3 Å². The number of rotatable bonds is 8. The molecule has 0 spiro atoms. The third-order valence-corrected chi connectivity index (χ3v) is 5.06. The number of hydrogen-bond acceptors (Lipinski definition) is 5. The second-order valence-electron chi connectivity index (χ2n) is 9.25. The molecule has 11 heteroatoms. The maximum Gasteiger partial charge on any atom is 0.268 e. The number of amides is 3. The van der Waals surface area contributed by atoms with Gasteiger partial charge in [-0.15, -0.1) is 0 Å². The molecule has 1 fully saturated rings. The summed E-state index contributed by atoms with van der Waals surface area (Å²) < 4.78 is 25.4. The van der Waals surface area contributed by atoms with Crippen LogP contribution in [-0.4, -0.2) is 65.0 Å². The minimum atomic E-state index is -1.03. The molecule has 1 aromatic carbocycles. The van der Waals surface area contributed by atoms with Gasteiger partial charge in [0.15, 0.2) is 5.78 Å². The van der Waals surface area contributed by atoms with Crippen LogP contribution in [0.25, 0.3) is 10.9 Å². The van der Waals surface area contributed by atoms with E-state index in [1.54, 1.807) is 6.07 Å². The molecule has 35 heavy (non-hydrogen) atoms. The molecular weight excluding hydrogens is 462 g/mol. The van der Waals surface area contributed by atoms with Crippen LogP contribution in [0.2, 0.25) is 0 Å². The number of aliphatic hydroxyl groups is 1. The summed E-state index contributed by atoms with van der Waals surface area (Å²) in [7, 11) is 0. The lowest BCUT2D eigenvalue weighted by atomic mass is 9.90. The van der Waals surface area contributed by atoms with Crippen LogP contribution >= 0.6 is 0 Å². The van der Waals surface area contributed by atoms with E-state index in [9.17, 15) is 28.0 Å². The summed E-state index contributed by atoms with van der Waals surface area (Å²) in [6.07, 6.45) is 1.43. The van der Waals surface area contributed by atoms with Gasteiger partial charge in [-0.3, -0.25) is 19.2 Å². The molecule has 0 radical (unpaired) electrons. The van der Waals surface area contributed by atoms with Crippen LogP contribution in [0, 0.1) is 11.7 Å². The van der Waals surface area contributed by atoms with Gasteiger partial charge in [0.25, 0.3) is 5.91 Å². The normalized spacial score (nSPS) is 16.5. The first kappa shape index (κ1) is 27.9. The molecule has 0 bridgehead atoms. The minimum absolute atomic E-state index is 0.0756. The van der Waals surface area contributed by atoms with E-state index in [1.165, 1.54) is 39.0 Å². The number of piperidine rings is 1. The first-order chi connectivity index (χ1) is 16.4. The molecule has 5 N–H and O–H groups in total. The fourth-order valence-corrected chi connectivity index (χ4v) is 3.47. The maximum atomic E-state index is 13.7. The number of aromatic nitrogens is 1. The number of aromatic amines is 1. The molecule has 1 aliphatic rings. The highest BCUT2D eigenvalue weighted by atomic mass is 19.1. The van der Waals surface area contributed by atoms with Gasteiger partial charge in [-0.05, 0) is 52.2 Å². The van der Waals surface area contributed by atoms with E-state index in [0.717, 1.165) is 6.42 Å². The molecule has 1 aliphatic heterocycles. The predicted molar refractivity (Wildman–Crippen MR) is 126 cm³/mol. The van der Waals surface area contributed by atoms with Crippen molar-refractivity contribution in [3.63, 3.8) is 0 Å². The zero-order valence-corrected chi connectivity index (χ0v) is 20.0. The Bertz CT molecular complexity index is 1060. The number of benzene rings is 1. The Labute approximate surface area is 202 Å². The van der Waals surface area contributed by atoms with E-state index < -0.39 is 54.2 Å². The van der Waals surface area contributed by atoms with Gasteiger partial charge >= 0.3 is 0 Å². The van der Waals surface area contributed by atoms with Crippen molar-refractivity contribution in [1.82, 2.24) is 20.9 Å². The van der Waals surface area contributed by atoms with Crippen LogP contribution in [0.5, 0.6) is 0 Å².